The van der Waals surface area contributed by atoms with Gasteiger partial charge in [-0.05, 0) is 25.5 Å². The summed E-state index contributed by atoms with van der Waals surface area (Å²) in [6.45, 7) is 4.90. The first kappa shape index (κ1) is 15.5. The number of hydrogen-bond donors (Lipinski definition) is 2. The van der Waals surface area contributed by atoms with Gasteiger partial charge in [0.1, 0.15) is 4.90 Å². The number of rotatable bonds is 6. The fourth-order valence-corrected chi connectivity index (χ4v) is 2.84. The molecule has 0 aliphatic carbocycles. The molecule has 0 spiro atoms. The Morgan fingerprint density at radius 3 is 2.52 bits per heavy atom. The number of benzene rings is 1. The predicted octanol–water partition coefficient (Wildman–Crippen LogP) is 2.30. The molecule has 0 unspecified atom stereocenters. The van der Waals surface area contributed by atoms with E-state index in [-0.39, 0.29) is 11.4 Å². The molecule has 1 heterocycles. The fourth-order valence-electron chi connectivity index (χ4n) is 1.83. The molecule has 21 heavy (non-hydrogen) atoms. The molecule has 0 amide bonds. The minimum atomic E-state index is -3.56. The zero-order chi connectivity index (χ0) is 15.3. The molecule has 1 aromatic heterocycles. The van der Waals surface area contributed by atoms with Gasteiger partial charge in [0.15, 0.2) is 0 Å². The van der Waals surface area contributed by atoms with Crippen LogP contribution in [-0.2, 0) is 16.6 Å². The molecule has 2 N–H and O–H groups in total. The van der Waals surface area contributed by atoms with E-state index in [1.165, 1.54) is 6.20 Å². The van der Waals surface area contributed by atoms with E-state index in [0.717, 1.165) is 11.1 Å². The van der Waals surface area contributed by atoms with E-state index < -0.39 is 10.0 Å². The first-order chi connectivity index (χ1) is 10.0. The van der Waals surface area contributed by atoms with Crippen molar-refractivity contribution in [3.8, 4) is 0 Å². The summed E-state index contributed by atoms with van der Waals surface area (Å²) < 4.78 is 27.1. The largest absolute Gasteiger partial charge is 0.384 e. The number of sulfonamides is 1. The summed E-state index contributed by atoms with van der Waals surface area (Å²) in [5.41, 5.74) is 2.75. The number of nitrogens with one attached hydrogen (secondary N) is 2. The van der Waals surface area contributed by atoms with Crippen molar-refractivity contribution in [1.29, 1.82) is 0 Å². The van der Waals surface area contributed by atoms with Crippen LogP contribution >= 0.6 is 0 Å². The zero-order valence-corrected chi connectivity index (χ0v) is 12.9. The Morgan fingerprint density at radius 2 is 1.86 bits per heavy atom. The van der Waals surface area contributed by atoms with Gasteiger partial charge in [0.25, 0.3) is 0 Å². The van der Waals surface area contributed by atoms with E-state index in [9.17, 15) is 8.42 Å². The number of hydrogen-bond acceptors (Lipinski definition) is 4. The number of aromatic nitrogens is 1. The molecule has 0 saturated heterocycles. The Balaban J connectivity index is 2.11. The molecule has 0 fully saturated rings. The van der Waals surface area contributed by atoms with Crippen molar-refractivity contribution in [3.05, 3.63) is 53.9 Å². The van der Waals surface area contributed by atoms with Crippen molar-refractivity contribution < 1.29 is 8.42 Å². The molecule has 2 aromatic rings. The van der Waals surface area contributed by atoms with E-state index >= 15 is 0 Å². The van der Waals surface area contributed by atoms with Crippen LogP contribution in [0.1, 0.15) is 18.1 Å². The zero-order valence-electron chi connectivity index (χ0n) is 12.1. The summed E-state index contributed by atoms with van der Waals surface area (Å²) in [5, 5.41) is 3.05. The van der Waals surface area contributed by atoms with Crippen molar-refractivity contribution in [3.63, 3.8) is 0 Å². The van der Waals surface area contributed by atoms with Crippen LogP contribution in [0.5, 0.6) is 0 Å². The van der Waals surface area contributed by atoms with Crippen molar-refractivity contribution in [2.24, 2.45) is 0 Å². The highest BCUT2D eigenvalue weighted by Crippen LogP contribution is 2.14. The van der Waals surface area contributed by atoms with Gasteiger partial charge >= 0.3 is 0 Å². The van der Waals surface area contributed by atoms with Crippen LogP contribution < -0.4 is 10.0 Å². The topological polar surface area (TPSA) is 71.1 Å². The van der Waals surface area contributed by atoms with E-state index in [0.29, 0.717) is 12.2 Å². The number of aryl methyl sites for hydroxylation is 1. The summed E-state index contributed by atoms with van der Waals surface area (Å²) in [7, 11) is -3.56. The van der Waals surface area contributed by atoms with Crippen LogP contribution in [0.3, 0.4) is 0 Å². The van der Waals surface area contributed by atoms with Crippen molar-refractivity contribution in [2.75, 3.05) is 11.9 Å². The highest BCUT2D eigenvalue weighted by Gasteiger charge is 2.14. The van der Waals surface area contributed by atoms with Crippen LogP contribution in [0.15, 0.2) is 47.6 Å². The first-order valence-corrected chi connectivity index (χ1v) is 8.23. The highest BCUT2D eigenvalue weighted by molar-refractivity contribution is 7.89. The van der Waals surface area contributed by atoms with Gasteiger partial charge in [-0.25, -0.2) is 13.1 Å². The number of anilines is 1. The molecule has 0 saturated carbocycles. The second kappa shape index (κ2) is 6.69. The molecular formula is C15H19N3O2S. The molecule has 0 aliphatic heterocycles. The fraction of sp³-hybridized carbons (Fsp3) is 0.267. The van der Waals surface area contributed by atoms with Gasteiger partial charge in [0.05, 0.1) is 11.9 Å². The van der Waals surface area contributed by atoms with E-state index in [4.69, 9.17) is 0 Å². The van der Waals surface area contributed by atoms with Crippen LogP contribution in [0.2, 0.25) is 0 Å². The van der Waals surface area contributed by atoms with Gasteiger partial charge in [0, 0.05) is 19.3 Å². The van der Waals surface area contributed by atoms with Crippen molar-refractivity contribution in [1.82, 2.24) is 9.71 Å². The SMILES string of the molecule is CCNc1cncc(S(=O)(=O)NCc2ccc(C)cc2)c1. The van der Waals surface area contributed by atoms with Gasteiger partial charge in [-0.1, -0.05) is 29.8 Å². The van der Waals surface area contributed by atoms with Crippen molar-refractivity contribution >= 4 is 15.7 Å². The Hall–Kier alpha value is -1.92. The lowest BCUT2D eigenvalue weighted by molar-refractivity contribution is 0.581. The molecule has 112 valence electrons. The van der Waals surface area contributed by atoms with Crippen LogP contribution in [0.4, 0.5) is 5.69 Å². The van der Waals surface area contributed by atoms with Crippen LogP contribution in [-0.4, -0.2) is 19.9 Å². The lowest BCUT2D eigenvalue weighted by Gasteiger charge is -2.09. The molecule has 5 nitrogen and oxygen atoms in total. The van der Waals surface area contributed by atoms with E-state index in [1.807, 2.05) is 38.1 Å². The third-order valence-electron chi connectivity index (χ3n) is 2.99. The second-order valence-corrected chi connectivity index (χ2v) is 6.52. The summed E-state index contributed by atoms with van der Waals surface area (Å²) in [6, 6.07) is 9.30. The average molecular weight is 305 g/mol. The summed E-state index contributed by atoms with van der Waals surface area (Å²) >= 11 is 0. The van der Waals surface area contributed by atoms with Crippen LogP contribution in [0, 0.1) is 6.92 Å². The normalized spacial score (nSPS) is 11.3. The Labute approximate surface area is 125 Å². The maximum absolute atomic E-state index is 12.3. The molecule has 1 aromatic carbocycles. The summed E-state index contributed by atoms with van der Waals surface area (Å²) in [4.78, 5) is 4.11. The Kier molecular flexibility index (Phi) is 4.93. The number of pyridine rings is 1. The van der Waals surface area contributed by atoms with Gasteiger partial charge in [-0.2, -0.15) is 0 Å². The van der Waals surface area contributed by atoms with Gasteiger partial charge in [-0.15, -0.1) is 0 Å². The summed E-state index contributed by atoms with van der Waals surface area (Å²) in [6.07, 6.45) is 2.95. The molecule has 0 bridgehead atoms. The number of nitrogens with zero attached hydrogens (tertiary/aromatic N) is 1. The maximum Gasteiger partial charge on any atom is 0.242 e. The third kappa shape index (κ3) is 4.27. The lowest BCUT2D eigenvalue weighted by atomic mass is 10.2. The molecular weight excluding hydrogens is 286 g/mol. The second-order valence-electron chi connectivity index (χ2n) is 4.75. The molecule has 0 aliphatic rings. The standard InChI is InChI=1S/C15H19N3O2S/c1-3-17-14-8-15(11-16-10-14)21(19,20)18-9-13-6-4-12(2)5-7-13/h4-8,10-11,17-18H,3,9H2,1-2H3. The molecule has 6 heteroatoms. The van der Waals surface area contributed by atoms with E-state index in [1.54, 1.807) is 12.3 Å². The van der Waals surface area contributed by atoms with Crippen LogP contribution in [0.25, 0.3) is 0 Å². The molecule has 2 rings (SSSR count). The van der Waals surface area contributed by atoms with Gasteiger partial charge in [0.2, 0.25) is 10.0 Å². The molecule has 0 radical (unpaired) electrons. The minimum absolute atomic E-state index is 0.160. The Bertz CT molecular complexity index is 697. The first-order valence-electron chi connectivity index (χ1n) is 6.75. The van der Waals surface area contributed by atoms with Crippen molar-refractivity contribution in [2.45, 2.75) is 25.3 Å². The highest BCUT2D eigenvalue weighted by atomic mass is 32.2. The monoisotopic (exact) mass is 305 g/mol. The van der Waals surface area contributed by atoms with Gasteiger partial charge < -0.3 is 5.32 Å². The average Bonchev–Trinajstić information content (AvgIpc) is 2.47. The quantitative estimate of drug-likeness (QED) is 0.859. The minimum Gasteiger partial charge on any atom is -0.384 e. The predicted molar refractivity (Wildman–Crippen MR) is 83.6 cm³/mol. The Morgan fingerprint density at radius 1 is 1.14 bits per heavy atom. The lowest BCUT2D eigenvalue weighted by Crippen LogP contribution is -2.23. The van der Waals surface area contributed by atoms with Gasteiger partial charge in [-0.3, -0.25) is 4.98 Å². The smallest absolute Gasteiger partial charge is 0.242 e. The maximum atomic E-state index is 12.3. The van der Waals surface area contributed by atoms with E-state index in [2.05, 4.69) is 15.0 Å². The summed E-state index contributed by atoms with van der Waals surface area (Å²) in [5.74, 6) is 0. The third-order valence-corrected chi connectivity index (χ3v) is 4.36. The molecule has 0 atom stereocenters.